The van der Waals surface area contributed by atoms with Crippen LogP contribution in [-0.4, -0.2) is 38.9 Å². The fourth-order valence-electron chi connectivity index (χ4n) is 6.83. The SMILES string of the molecule is CC[C@@H]1C[C@H](N(Cc2cc(C(F)(F)F)cc(C(F)(F)F)c2)c2ncc(OCc3ccccc3)cn2)C[C@H](Cc2ccccc2)N1C(=O)CC(C)(C)C. The van der Waals surface area contributed by atoms with Gasteiger partial charge in [-0.05, 0) is 66.0 Å². The highest BCUT2D eigenvalue weighted by molar-refractivity contribution is 5.78. The highest BCUT2D eigenvalue weighted by Gasteiger charge is 2.42. The van der Waals surface area contributed by atoms with Crippen LogP contribution in [-0.2, 0) is 36.7 Å². The van der Waals surface area contributed by atoms with Gasteiger partial charge in [0.2, 0.25) is 11.9 Å². The lowest BCUT2D eigenvalue weighted by Crippen LogP contribution is -2.58. The average Bonchev–Trinajstić information content (AvgIpc) is 3.09. The Kier molecular flexibility index (Phi) is 11.9. The molecule has 1 fully saturated rings. The van der Waals surface area contributed by atoms with Crippen LogP contribution in [0.1, 0.15) is 81.2 Å². The van der Waals surface area contributed by atoms with E-state index in [2.05, 4.69) is 9.97 Å². The van der Waals surface area contributed by atoms with Crippen molar-refractivity contribution in [3.63, 3.8) is 0 Å². The number of alkyl halides is 6. The number of benzene rings is 3. The number of ether oxygens (including phenoxy) is 1. The van der Waals surface area contributed by atoms with Gasteiger partial charge in [-0.3, -0.25) is 4.79 Å². The Morgan fingerprint density at radius 2 is 1.33 bits per heavy atom. The van der Waals surface area contributed by atoms with Crippen molar-refractivity contribution in [2.24, 2.45) is 5.41 Å². The van der Waals surface area contributed by atoms with Gasteiger partial charge in [0.25, 0.3) is 0 Å². The molecular weight excluding hydrogens is 682 g/mol. The van der Waals surface area contributed by atoms with Crippen LogP contribution in [0.2, 0.25) is 0 Å². The Morgan fingerprint density at radius 1 is 0.788 bits per heavy atom. The zero-order valence-corrected chi connectivity index (χ0v) is 29.7. The van der Waals surface area contributed by atoms with E-state index in [0.717, 1.165) is 23.3 Å². The van der Waals surface area contributed by atoms with E-state index < -0.39 is 29.5 Å². The monoisotopic (exact) mass is 726 g/mol. The van der Waals surface area contributed by atoms with Gasteiger partial charge in [-0.25, -0.2) is 9.97 Å². The Bertz CT molecular complexity index is 1730. The highest BCUT2D eigenvalue weighted by Crippen LogP contribution is 2.39. The molecule has 6 nitrogen and oxygen atoms in total. The molecule has 1 amide bonds. The summed E-state index contributed by atoms with van der Waals surface area (Å²) in [5.41, 5.74) is -1.31. The number of hydrogen-bond donors (Lipinski definition) is 0. The molecule has 1 aromatic heterocycles. The maximum absolute atomic E-state index is 13.9. The summed E-state index contributed by atoms with van der Waals surface area (Å²) in [6.45, 7) is 7.90. The van der Waals surface area contributed by atoms with Gasteiger partial charge < -0.3 is 14.5 Å². The summed E-state index contributed by atoms with van der Waals surface area (Å²) in [4.78, 5) is 26.7. The minimum absolute atomic E-state index is 0.00847. The number of nitrogens with zero attached hydrogens (tertiary/aromatic N) is 4. The quantitative estimate of drug-likeness (QED) is 0.144. The molecule has 12 heteroatoms. The molecule has 52 heavy (non-hydrogen) atoms. The predicted molar refractivity (Wildman–Crippen MR) is 187 cm³/mol. The first-order chi connectivity index (χ1) is 24.5. The van der Waals surface area contributed by atoms with Gasteiger partial charge in [-0.2, -0.15) is 26.3 Å². The molecule has 1 saturated heterocycles. The molecule has 5 rings (SSSR count). The molecular formula is C40H44F6N4O2. The highest BCUT2D eigenvalue weighted by atomic mass is 19.4. The molecule has 1 aliphatic rings. The predicted octanol–water partition coefficient (Wildman–Crippen LogP) is 9.92. The third kappa shape index (κ3) is 10.3. The van der Waals surface area contributed by atoms with Crippen molar-refractivity contribution < 1.29 is 35.9 Å². The molecule has 0 radical (unpaired) electrons. The van der Waals surface area contributed by atoms with Crippen LogP contribution in [0.25, 0.3) is 0 Å². The topological polar surface area (TPSA) is 58.6 Å². The van der Waals surface area contributed by atoms with Crippen LogP contribution in [0.4, 0.5) is 32.3 Å². The van der Waals surface area contributed by atoms with Gasteiger partial charge in [-0.1, -0.05) is 88.4 Å². The summed E-state index contributed by atoms with van der Waals surface area (Å²) in [6, 6.07) is 19.8. The van der Waals surface area contributed by atoms with Gasteiger partial charge in [-0.15, -0.1) is 0 Å². The molecule has 0 saturated carbocycles. The lowest BCUT2D eigenvalue weighted by molar-refractivity contribution is -0.143. The number of aromatic nitrogens is 2. The summed E-state index contributed by atoms with van der Waals surface area (Å²) in [5, 5.41) is 0. The molecule has 278 valence electrons. The molecule has 3 aromatic carbocycles. The van der Waals surface area contributed by atoms with E-state index in [1.165, 1.54) is 12.4 Å². The standard InChI is InChI=1S/C40H44F6N4O2/c1-5-32-20-33(21-34(18-27-12-8-6-9-13-27)50(32)36(51)22-38(2,3)4)49(25-29-16-30(39(41,42)43)19-31(17-29)40(44,45)46)37-47-23-35(24-48-37)52-26-28-14-10-7-11-15-28/h6-17,19,23-24,32-34H,5,18,20-22,25-26H2,1-4H3/t32-,33+,34+/m1/s1. The van der Waals surface area contributed by atoms with E-state index in [1.807, 2.05) is 93.3 Å². The van der Waals surface area contributed by atoms with Crippen LogP contribution in [0, 0.1) is 5.41 Å². The van der Waals surface area contributed by atoms with Crippen molar-refractivity contribution in [3.8, 4) is 5.75 Å². The minimum Gasteiger partial charge on any atom is -0.486 e. The lowest BCUT2D eigenvalue weighted by Gasteiger charge is -2.49. The third-order valence-corrected chi connectivity index (χ3v) is 9.19. The van der Waals surface area contributed by atoms with Gasteiger partial charge in [0.15, 0.2) is 5.75 Å². The van der Waals surface area contributed by atoms with Crippen LogP contribution < -0.4 is 9.64 Å². The minimum atomic E-state index is -5.00. The second-order valence-electron chi connectivity index (χ2n) is 14.6. The Balaban J connectivity index is 1.54. The Hall–Kier alpha value is -4.61. The first-order valence-electron chi connectivity index (χ1n) is 17.4. The van der Waals surface area contributed by atoms with Crippen molar-refractivity contribution in [3.05, 3.63) is 119 Å². The van der Waals surface area contributed by atoms with Crippen molar-refractivity contribution >= 4 is 11.9 Å². The zero-order chi connectivity index (χ0) is 37.7. The van der Waals surface area contributed by atoms with Crippen LogP contribution in [0.5, 0.6) is 5.75 Å². The first kappa shape index (κ1) is 38.6. The number of piperidine rings is 1. The number of carbonyl (C=O) groups excluding carboxylic acids is 1. The summed E-state index contributed by atoms with van der Waals surface area (Å²) in [7, 11) is 0. The maximum atomic E-state index is 13.9. The van der Waals surface area contributed by atoms with Crippen LogP contribution in [0.15, 0.2) is 91.3 Å². The number of carbonyl (C=O) groups is 1. The average molecular weight is 727 g/mol. The number of anilines is 1. The number of hydrogen-bond acceptors (Lipinski definition) is 5. The molecule has 1 aliphatic heterocycles. The first-order valence-corrected chi connectivity index (χ1v) is 17.4. The van der Waals surface area contributed by atoms with E-state index in [4.69, 9.17) is 4.74 Å². The number of likely N-dealkylation sites (tertiary alicyclic amines) is 1. The Labute approximate surface area is 300 Å². The van der Waals surface area contributed by atoms with E-state index in [0.29, 0.717) is 37.9 Å². The molecule has 3 atom stereocenters. The van der Waals surface area contributed by atoms with Crippen LogP contribution >= 0.6 is 0 Å². The molecule has 0 N–H and O–H groups in total. The molecule has 0 aliphatic carbocycles. The lowest BCUT2D eigenvalue weighted by atomic mass is 9.83. The molecule has 0 bridgehead atoms. The van der Waals surface area contributed by atoms with E-state index in [9.17, 15) is 31.1 Å². The zero-order valence-electron chi connectivity index (χ0n) is 29.7. The fraction of sp³-hybridized carbons (Fsp3) is 0.425. The van der Waals surface area contributed by atoms with E-state index >= 15 is 0 Å². The van der Waals surface area contributed by atoms with Crippen molar-refractivity contribution in [2.75, 3.05) is 4.90 Å². The summed E-state index contributed by atoms with van der Waals surface area (Å²) in [5.74, 6) is 0.488. The van der Waals surface area contributed by atoms with Crippen molar-refractivity contribution in [1.29, 1.82) is 0 Å². The fourth-order valence-corrected chi connectivity index (χ4v) is 6.83. The van der Waals surface area contributed by atoms with Gasteiger partial charge in [0, 0.05) is 31.1 Å². The van der Waals surface area contributed by atoms with Gasteiger partial charge in [0.05, 0.1) is 23.5 Å². The second-order valence-corrected chi connectivity index (χ2v) is 14.6. The molecule has 4 aromatic rings. The Morgan fingerprint density at radius 3 is 1.85 bits per heavy atom. The van der Waals surface area contributed by atoms with Gasteiger partial charge in [0.1, 0.15) is 6.61 Å². The molecule has 0 spiro atoms. The maximum Gasteiger partial charge on any atom is 0.416 e. The smallest absolute Gasteiger partial charge is 0.416 e. The van der Waals surface area contributed by atoms with Crippen LogP contribution in [0.3, 0.4) is 0 Å². The van der Waals surface area contributed by atoms with Crippen molar-refractivity contribution in [2.45, 2.75) is 103 Å². The van der Waals surface area contributed by atoms with Gasteiger partial charge >= 0.3 is 12.4 Å². The van der Waals surface area contributed by atoms with E-state index in [-0.39, 0.29) is 54.1 Å². The molecule has 0 unspecified atom stereocenters. The number of halogens is 6. The largest absolute Gasteiger partial charge is 0.486 e. The summed E-state index contributed by atoms with van der Waals surface area (Å²) in [6.07, 6.45) is -4.85. The van der Waals surface area contributed by atoms with E-state index in [1.54, 1.807) is 4.90 Å². The van der Waals surface area contributed by atoms with Crippen molar-refractivity contribution in [1.82, 2.24) is 14.9 Å². The third-order valence-electron chi connectivity index (χ3n) is 9.19. The number of amides is 1. The second kappa shape index (κ2) is 16.0. The number of rotatable bonds is 11. The normalized spacial score (nSPS) is 18.3. The summed E-state index contributed by atoms with van der Waals surface area (Å²) >= 11 is 0. The summed E-state index contributed by atoms with van der Waals surface area (Å²) < 4.78 is 89.4. The molecule has 2 heterocycles.